The fourth-order valence-electron chi connectivity index (χ4n) is 7.66. The summed E-state index contributed by atoms with van der Waals surface area (Å²) in [5.74, 6) is 0. The number of fused-ring (bicyclic) bond motifs is 2. The number of aromatic nitrogens is 8. The third kappa shape index (κ3) is 8.18. The summed E-state index contributed by atoms with van der Waals surface area (Å²) in [4.78, 5) is 87.5. The highest BCUT2D eigenvalue weighted by molar-refractivity contribution is 5.70. The summed E-state index contributed by atoms with van der Waals surface area (Å²) in [7, 11) is 6.16. The predicted molar refractivity (Wildman–Crippen MR) is 224 cm³/mol. The third-order valence-corrected chi connectivity index (χ3v) is 11.3. The molecule has 4 aromatic heterocycles. The minimum absolute atomic E-state index is 0.0913. The first-order chi connectivity index (χ1) is 28.7. The lowest BCUT2D eigenvalue weighted by Gasteiger charge is -2.36. The molecule has 316 valence electrons. The van der Waals surface area contributed by atoms with Crippen LogP contribution in [0, 0.1) is 20.2 Å². The summed E-state index contributed by atoms with van der Waals surface area (Å²) in [5.41, 5.74) is 2.34. The van der Waals surface area contributed by atoms with Crippen LogP contribution in [0.4, 0.5) is 22.7 Å². The molecule has 6 aromatic rings. The molecular weight excluding hydrogens is 781 g/mol. The van der Waals surface area contributed by atoms with Gasteiger partial charge in [-0.05, 0) is 24.3 Å². The Morgan fingerprint density at radius 1 is 0.500 bits per heavy atom. The summed E-state index contributed by atoms with van der Waals surface area (Å²) < 4.78 is 8.58. The van der Waals surface area contributed by atoms with E-state index in [4.69, 9.17) is 0 Å². The van der Waals surface area contributed by atoms with Gasteiger partial charge in [-0.1, -0.05) is 0 Å². The Hall–Kier alpha value is -6.94. The van der Waals surface area contributed by atoms with Gasteiger partial charge in [0, 0.05) is 142 Å². The molecule has 0 unspecified atom stereocenters. The highest BCUT2D eigenvalue weighted by Crippen LogP contribution is 2.22. The molecule has 6 heterocycles. The van der Waals surface area contributed by atoms with Crippen LogP contribution in [-0.4, -0.2) is 122 Å². The molecule has 22 heteroatoms. The topological polar surface area (TPSA) is 223 Å². The van der Waals surface area contributed by atoms with Crippen molar-refractivity contribution in [3.63, 3.8) is 0 Å². The number of nitrogens with zero attached hydrogens (tertiary/aromatic N) is 14. The van der Waals surface area contributed by atoms with E-state index in [-0.39, 0.29) is 33.9 Å². The molecule has 0 spiro atoms. The minimum Gasteiger partial charge on any atom is -0.369 e. The number of non-ortho nitro benzene ring substituents is 2. The van der Waals surface area contributed by atoms with Crippen LogP contribution >= 0.6 is 0 Å². The van der Waals surface area contributed by atoms with Gasteiger partial charge in [-0.2, -0.15) is 0 Å². The van der Waals surface area contributed by atoms with Gasteiger partial charge < -0.3 is 18.9 Å². The first-order valence-corrected chi connectivity index (χ1v) is 19.4. The van der Waals surface area contributed by atoms with E-state index in [2.05, 4.69) is 29.6 Å². The van der Waals surface area contributed by atoms with Crippen LogP contribution in [0.25, 0.3) is 22.3 Å². The Bertz CT molecular complexity index is 2590. The lowest BCUT2D eigenvalue weighted by atomic mass is 10.2. The molecule has 0 radical (unpaired) electrons. The standard InChI is InChI=1S/2C19H23N7O4/c2*1-21-17-16(18(27)22(2)19(21)28)25(13-20-17)12-9-23-7-10-24(11-8-23)14-3-5-15(6-4-14)26(29)30/h2*3-6,13H,7-12H2,1-2H3. The largest absolute Gasteiger partial charge is 0.369 e. The van der Waals surface area contributed by atoms with E-state index in [0.717, 1.165) is 86.0 Å². The van der Waals surface area contributed by atoms with Crippen molar-refractivity contribution in [1.29, 1.82) is 0 Å². The van der Waals surface area contributed by atoms with Crippen molar-refractivity contribution in [3.05, 3.63) is 123 Å². The van der Waals surface area contributed by atoms with E-state index in [1.807, 2.05) is 0 Å². The van der Waals surface area contributed by atoms with E-state index >= 15 is 0 Å². The first kappa shape index (κ1) is 41.2. The Balaban J connectivity index is 0.000000181. The molecule has 22 nitrogen and oxygen atoms in total. The number of hydrogen-bond acceptors (Lipinski definition) is 14. The summed E-state index contributed by atoms with van der Waals surface area (Å²) in [6, 6.07) is 13.2. The number of rotatable bonds is 10. The van der Waals surface area contributed by atoms with Crippen LogP contribution in [0.15, 0.2) is 80.4 Å². The van der Waals surface area contributed by atoms with Crippen molar-refractivity contribution in [2.24, 2.45) is 28.2 Å². The molecule has 0 amide bonds. The second-order valence-electron chi connectivity index (χ2n) is 14.8. The van der Waals surface area contributed by atoms with Crippen molar-refractivity contribution in [1.82, 2.24) is 47.2 Å². The Kier molecular flexibility index (Phi) is 11.8. The fourth-order valence-corrected chi connectivity index (χ4v) is 7.66. The quantitative estimate of drug-likeness (QED) is 0.134. The second-order valence-corrected chi connectivity index (χ2v) is 14.8. The SMILES string of the molecule is Cn1c(=O)c2c(ncn2CCN2CCN(c3ccc([N+](=O)[O-])cc3)CC2)n(C)c1=O.Cn1c(=O)c2c(ncn2CCN2CCN(c3ccc([N+](=O)[O-])cc3)CC2)n(C)c1=O. The number of nitro groups is 2. The van der Waals surface area contributed by atoms with Gasteiger partial charge in [0.25, 0.3) is 22.5 Å². The fraction of sp³-hybridized carbons (Fsp3) is 0.421. The normalized spacial score (nSPS) is 15.1. The maximum Gasteiger partial charge on any atom is 0.332 e. The van der Waals surface area contributed by atoms with Crippen molar-refractivity contribution >= 4 is 45.1 Å². The summed E-state index contributed by atoms with van der Waals surface area (Å²) >= 11 is 0. The van der Waals surface area contributed by atoms with Gasteiger partial charge >= 0.3 is 11.4 Å². The van der Waals surface area contributed by atoms with E-state index in [1.165, 1.54) is 47.5 Å². The number of benzene rings is 2. The van der Waals surface area contributed by atoms with Gasteiger partial charge in [-0.15, -0.1) is 0 Å². The molecule has 2 aliphatic rings. The van der Waals surface area contributed by atoms with E-state index in [9.17, 15) is 39.4 Å². The molecule has 8 rings (SSSR count). The molecule has 0 atom stereocenters. The van der Waals surface area contributed by atoms with Gasteiger partial charge in [-0.25, -0.2) is 19.6 Å². The average Bonchev–Trinajstić information content (AvgIpc) is 3.90. The van der Waals surface area contributed by atoms with E-state index in [0.29, 0.717) is 35.4 Å². The van der Waals surface area contributed by atoms with Crippen LogP contribution < -0.4 is 32.3 Å². The zero-order valence-corrected chi connectivity index (χ0v) is 33.8. The monoisotopic (exact) mass is 826 g/mol. The zero-order chi connectivity index (χ0) is 42.8. The van der Waals surface area contributed by atoms with Crippen LogP contribution in [0.2, 0.25) is 0 Å². The van der Waals surface area contributed by atoms with Gasteiger partial charge in [0.2, 0.25) is 0 Å². The smallest absolute Gasteiger partial charge is 0.332 e. The first-order valence-electron chi connectivity index (χ1n) is 19.4. The number of anilines is 2. The van der Waals surface area contributed by atoms with Crippen LogP contribution in [0.5, 0.6) is 0 Å². The summed E-state index contributed by atoms with van der Waals surface area (Å²) in [5, 5.41) is 21.6. The van der Waals surface area contributed by atoms with Crippen molar-refractivity contribution in [2.45, 2.75) is 13.1 Å². The lowest BCUT2D eigenvalue weighted by Crippen LogP contribution is -2.47. The molecule has 2 aliphatic heterocycles. The molecule has 0 saturated carbocycles. The van der Waals surface area contributed by atoms with Gasteiger partial charge in [0.15, 0.2) is 22.3 Å². The number of hydrogen-bond donors (Lipinski definition) is 0. The van der Waals surface area contributed by atoms with Crippen molar-refractivity contribution < 1.29 is 9.85 Å². The lowest BCUT2D eigenvalue weighted by molar-refractivity contribution is -0.385. The number of nitro benzene ring substituents is 2. The van der Waals surface area contributed by atoms with Crippen molar-refractivity contribution in [3.8, 4) is 0 Å². The molecule has 2 fully saturated rings. The Morgan fingerprint density at radius 3 is 1.15 bits per heavy atom. The Morgan fingerprint density at radius 2 is 0.833 bits per heavy atom. The molecule has 2 aromatic carbocycles. The molecule has 2 saturated heterocycles. The molecule has 0 aliphatic carbocycles. The van der Waals surface area contributed by atoms with Crippen LogP contribution in [0.1, 0.15) is 0 Å². The Labute approximate surface area is 341 Å². The van der Waals surface area contributed by atoms with Gasteiger partial charge in [0.1, 0.15) is 0 Å². The zero-order valence-electron chi connectivity index (χ0n) is 33.8. The second kappa shape index (κ2) is 17.1. The number of piperazine rings is 2. The van der Waals surface area contributed by atoms with E-state index in [1.54, 1.807) is 60.1 Å². The third-order valence-electron chi connectivity index (χ3n) is 11.3. The maximum absolute atomic E-state index is 12.5. The molecular formula is C38H46N14O8. The summed E-state index contributed by atoms with van der Waals surface area (Å²) in [6.45, 7) is 9.37. The molecule has 0 bridgehead atoms. The average molecular weight is 827 g/mol. The molecule has 0 N–H and O–H groups in total. The molecule has 60 heavy (non-hydrogen) atoms. The van der Waals surface area contributed by atoms with Gasteiger partial charge in [-0.3, -0.25) is 57.9 Å². The number of imidazole rings is 2. The highest BCUT2D eigenvalue weighted by atomic mass is 16.6. The van der Waals surface area contributed by atoms with Crippen LogP contribution in [0.3, 0.4) is 0 Å². The maximum atomic E-state index is 12.5. The summed E-state index contributed by atoms with van der Waals surface area (Å²) in [6.07, 6.45) is 3.22. The predicted octanol–water partition coefficient (Wildman–Crippen LogP) is 0.328. The van der Waals surface area contributed by atoms with Crippen molar-refractivity contribution in [2.75, 3.05) is 75.2 Å². The van der Waals surface area contributed by atoms with E-state index < -0.39 is 9.85 Å². The highest BCUT2D eigenvalue weighted by Gasteiger charge is 2.21. The van der Waals surface area contributed by atoms with Gasteiger partial charge in [0.05, 0.1) is 22.5 Å². The number of aryl methyl sites for hydroxylation is 2. The van der Waals surface area contributed by atoms with Crippen LogP contribution in [-0.2, 0) is 41.3 Å². The minimum atomic E-state index is -0.396.